The normalized spacial score (nSPS) is 30.2. The van der Waals surface area contributed by atoms with Crippen LogP contribution in [-0.2, 0) is 4.79 Å². The highest BCUT2D eigenvalue weighted by Gasteiger charge is 2.32. The Kier molecular flexibility index (Phi) is 5.96. The summed E-state index contributed by atoms with van der Waals surface area (Å²) in [7, 11) is 0. The van der Waals surface area contributed by atoms with E-state index < -0.39 is 0 Å². The second-order valence-corrected chi connectivity index (χ2v) is 5.39. The van der Waals surface area contributed by atoms with E-state index in [9.17, 15) is 4.79 Å². The molecule has 0 radical (unpaired) electrons. The van der Waals surface area contributed by atoms with Crippen LogP contribution in [0.2, 0.25) is 0 Å². The molecule has 4 unspecified atom stereocenters. The Morgan fingerprint density at radius 1 is 1.35 bits per heavy atom. The molecule has 1 amide bonds. The zero-order valence-corrected chi connectivity index (χ0v) is 11.8. The van der Waals surface area contributed by atoms with Gasteiger partial charge < -0.3 is 10.6 Å². The first-order valence-electron chi connectivity index (χ1n) is 7.13. The van der Waals surface area contributed by atoms with Crippen LogP contribution in [0, 0.1) is 11.8 Å². The Morgan fingerprint density at radius 2 is 2.06 bits per heavy atom. The number of hydrogen-bond acceptors (Lipinski definition) is 2. The molecular weight excluding hydrogens is 212 g/mol. The summed E-state index contributed by atoms with van der Waals surface area (Å²) in [5, 5.41) is 6.43. The first-order valence-corrected chi connectivity index (χ1v) is 7.13. The predicted octanol–water partition coefficient (Wildman–Crippen LogP) is 2.32. The Bertz CT molecular complexity index is 242. The lowest BCUT2D eigenvalue weighted by atomic mass is 9.93. The molecule has 2 N–H and O–H groups in total. The molecule has 17 heavy (non-hydrogen) atoms. The lowest BCUT2D eigenvalue weighted by Crippen LogP contribution is -2.47. The Balaban J connectivity index is 2.36. The van der Waals surface area contributed by atoms with Gasteiger partial charge in [-0.05, 0) is 38.0 Å². The van der Waals surface area contributed by atoms with E-state index in [2.05, 4.69) is 31.4 Å². The predicted molar refractivity (Wildman–Crippen MR) is 71.9 cm³/mol. The van der Waals surface area contributed by atoms with Crippen LogP contribution in [0.3, 0.4) is 0 Å². The van der Waals surface area contributed by atoms with Gasteiger partial charge in [-0.1, -0.05) is 27.2 Å². The summed E-state index contributed by atoms with van der Waals surface area (Å²) in [6, 6.07) is 0.451. The van der Waals surface area contributed by atoms with Gasteiger partial charge in [-0.2, -0.15) is 0 Å². The largest absolute Gasteiger partial charge is 0.355 e. The lowest BCUT2D eigenvalue weighted by molar-refractivity contribution is -0.123. The zero-order valence-electron chi connectivity index (χ0n) is 11.8. The number of nitrogens with one attached hydrogen (secondary N) is 2. The van der Waals surface area contributed by atoms with Gasteiger partial charge in [0.2, 0.25) is 5.91 Å². The summed E-state index contributed by atoms with van der Waals surface area (Å²) in [5.74, 6) is 1.67. The number of carbonyl (C=O) groups excluding carboxylic acids is 1. The molecule has 3 heteroatoms. The number of rotatable bonds is 6. The van der Waals surface area contributed by atoms with Crippen molar-refractivity contribution in [1.29, 1.82) is 0 Å². The fourth-order valence-electron chi connectivity index (χ4n) is 2.86. The third-order valence-corrected chi connectivity index (χ3v) is 4.16. The van der Waals surface area contributed by atoms with E-state index in [1.54, 1.807) is 0 Å². The topological polar surface area (TPSA) is 41.1 Å². The average Bonchev–Trinajstić information content (AvgIpc) is 2.67. The van der Waals surface area contributed by atoms with E-state index in [1.807, 2.05) is 6.92 Å². The van der Waals surface area contributed by atoms with Crippen LogP contribution in [0.5, 0.6) is 0 Å². The number of amides is 1. The molecule has 1 rings (SSSR count). The van der Waals surface area contributed by atoms with Crippen molar-refractivity contribution in [1.82, 2.24) is 10.6 Å². The molecule has 4 atom stereocenters. The highest BCUT2D eigenvalue weighted by atomic mass is 16.2. The van der Waals surface area contributed by atoms with Crippen molar-refractivity contribution in [3.05, 3.63) is 0 Å². The number of hydrogen-bond donors (Lipinski definition) is 2. The van der Waals surface area contributed by atoms with Crippen LogP contribution in [0.25, 0.3) is 0 Å². The summed E-state index contributed by atoms with van der Waals surface area (Å²) in [5.41, 5.74) is 0. The van der Waals surface area contributed by atoms with Gasteiger partial charge in [0.25, 0.3) is 0 Å². The molecule has 3 nitrogen and oxygen atoms in total. The molecule has 0 aromatic heterocycles. The van der Waals surface area contributed by atoms with Crippen LogP contribution >= 0.6 is 0 Å². The maximum absolute atomic E-state index is 11.8. The minimum absolute atomic E-state index is 0.0652. The van der Waals surface area contributed by atoms with Crippen molar-refractivity contribution in [2.75, 3.05) is 6.54 Å². The molecule has 0 aromatic rings. The maximum atomic E-state index is 11.8. The van der Waals surface area contributed by atoms with Gasteiger partial charge in [0.1, 0.15) is 0 Å². The van der Waals surface area contributed by atoms with Gasteiger partial charge in [-0.25, -0.2) is 0 Å². The smallest absolute Gasteiger partial charge is 0.236 e. The molecule has 100 valence electrons. The molecule has 0 bridgehead atoms. The Hall–Kier alpha value is -0.570. The first kappa shape index (κ1) is 14.5. The SMILES string of the molecule is CCCNC(=O)C(C)NC1CCC(CC)C1C. The molecule has 1 aliphatic carbocycles. The van der Waals surface area contributed by atoms with Crippen molar-refractivity contribution >= 4 is 5.91 Å². The fourth-order valence-corrected chi connectivity index (χ4v) is 2.86. The summed E-state index contributed by atoms with van der Waals surface area (Å²) >= 11 is 0. The molecule has 0 spiro atoms. The van der Waals surface area contributed by atoms with Gasteiger partial charge in [0.15, 0.2) is 0 Å². The minimum Gasteiger partial charge on any atom is -0.355 e. The van der Waals surface area contributed by atoms with Crippen LogP contribution in [0.1, 0.15) is 53.4 Å². The number of carbonyl (C=O) groups is 1. The third-order valence-electron chi connectivity index (χ3n) is 4.16. The van der Waals surface area contributed by atoms with Gasteiger partial charge >= 0.3 is 0 Å². The monoisotopic (exact) mass is 240 g/mol. The van der Waals surface area contributed by atoms with Crippen LogP contribution in [0.4, 0.5) is 0 Å². The molecule has 1 aliphatic rings. The fraction of sp³-hybridized carbons (Fsp3) is 0.929. The summed E-state index contributed by atoms with van der Waals surface area (Å²) in [6.45, 7) is 9.40. The van der Waals surface area contributed by atoms with E-state index in [1.165, 1.54) is 19.3 Å². The van der Waals surface area contributed by atoms with E-state index in [-0.39, 0.29) is 11.9 Å². The maximum Gasteiger partial charge on any atom is 0.236 e. The van der Waals surface area contributed by atoms with Crippen molar-refractivity contribution in [3.63, 3.8) is 0 Å². The summed E-state index contributed by atoms with van der Waals surface area (Å²) < 4.78 is 0. The quantitative estimate of drug-likeness (QED) is 0.748. The minimum atomic E-state index is -0.0652. The summed E-state index contributed by atoms with van der Waals surface area (Å²) in [4.78, 5) is 11.8. The molecule has 0 aromatic carbocycles. The second kappa shape index (κ2) is 7.00. The van der Waals surface area contributed by atoms with Gasteiger partial charge in [0, 0.05) is 12.6 Å². The van der Waals surface area contributed by atoms with Crippen LogP contribution in [0.15, 0.2) is 0 Å². The van der Waals surface area contributed by atoms with Crippen molar-refractivity contribution in [2.24, 2.45) is 11.8 Å². The van der Waals surface area contributed by atoms with E-state index in [4.69, 9.17) is 0 Å². The van der Waals surface area contributed by atoms with Crippen molar-refractivity contribution in [2.45, 2.75) is 65.5 Å². The highest BCUT2D eigenvalue weighted by Crippen LogP contribution is 2.33. The molecule has 1 fully saturated rings. The Labute approximate surface area is 106 Å². The van der Waals surface area contributed by atoms with Crippen LogP contribution < -0.4 is 10.6 Å². The molecule has 1 saturated carbocycles. The van der Waals surface area contributed by atoms with Crippen molar-refractivity contribution in [3.8, 4) is 0 Å². The molecule has 0 saturated heterocycles. The van der Waals surface area contributed by atoms with Gasteiger partial charge in [-0.3, -0.25) is 4.79 Å². The third kappa shape index (κ3) is 3.98. The average molecular weight is 240 g/mol. The van der Waals surface area contributed by atoms with Gasteiger partial charge in [0.05, 0.1) is 6.04 Å². The molecule has 0 heterocycles. The zero-order chi connectivity index (χ0) is 12.8. The summed E-state index contributed by atoms with van der Waals surface area (Å²) in [6.07, 6.45) is 4.77. The van der Waals surface area contributed by atoms with Gasteiger partial charge in [-0.15, -0.1) is 0 Å². The highest BCUT2D eigenvalue weighted by molar-refractivity contribution is 5.81. The molecule has 0 aliphatic heterocycles. The first-order chi connectivity index (χ1) is 8.10. The standard InChI is InChI=1S/C14H28N2O/c1-5-9-15-14(17)11(4)16-13-8-7-12(6-2)10(13)3/h10-13,16H,5-9H2,1-4H3,(H,15,17). The Morgan fingerprint density at radius 3 is 2.59 bits per heavy atom. The second-order valence-electron chi connectivity index (χ2n) is 5.39. The van der Waals surface area contributed by atoms with Crippen molar-refractivity contribution < 1.29 is 4.79 Å². The molecular formula is C14H28N2O. The van der Waals surface area contributed by atoms with Crippen LogP contribution in [-0.4, -0.2) is 24.5 Å². The van der Waals surface area contributed by atoms with E-state index >= 15 is 0 Å². The lowest BCUT2D eigenvalue weighted by Gasteiger charge is -2.24. The van der Waals surface area contributed by atoms with E-state index in [0.29, 0.717) is 12.0 Å². The van der Waals surface area contributed by atoms with E-state index in [0.717, 1.165) is 18.9 Å².